The van der Waals surface area contributed by atoms with Crippen LogP contribution in [0, 0.1) is 0 Å². The molecule has 3 nitrogen and oxygen atoms in total. The van der Waals surface area contributed by atoms with Gasteiger partial charge in [-0.2, -0.15) is 0 Å². The fraction of sp³-hybridized carbons (Fsp3) is 0.444. The molecule has 0 unspecified atom stereocenters. The molecule has 2 heterocycles. The lowest BCUT2D eigenvalue weighted by Crippen LogP contribution is -2.29. The second-order valence-corrected chi connectivity index (χ2v) is 8.08. The van der Waals surface area contributed by atoms with Crippen molar-refractivity contribution in [1.29, 1.82) is 0 Å². The zero-order valence-electron chi connectivity index (χ0n) is 13.4. The average Bonchev–Trinajstić information content (AvgIpc) is 2.90. The molecule has 4 heteroatoms. The number of nitrogens with zero attached hydrogens (tertiary/aromatic N) is 1. The summed E-state index contributed by atoms with van der Waals surface area (Å²) in [7, 11) is 0. The Morgan fingerprint density at radius 2 is 2.00 bits per heavy atom. The predicted octanol–water partition coefficient (Wildman–Crippen LogP) is 4.02. The Labute approximate surface area is 135 Å². The van der Waals surface area contributed by atoms with E-state index in [1.54, 1.807) is 6.07 Å². The van der Waals surface area contributed by atoms with Crippen LogP contribution < -0.4 is 0 Å². The lowest BCUT2D eigenvalue weighted by molar-refractivity contribution is 0.243. The third kappa shape index (κ3) is 2.99. The maximum absolute atomic E-state index is 10.2. The largest absolute Gasteiger partial charge is 0.504 e. The molecule has 0 aliphatic carbocycles. The minimum Gasteiger partial charge on any atom is -0.504 e. The van der Waals surface area contributed by atoms with Crippen LogP contribution in [0.4, 0.5) is 0 Å². The first-order valence-corrected chi connectivity index (χ1v) is 8.55. The maximum Gasteiger partial charge on any atom is 0.162 e. The molecule has 0 saturated carbocycles. The van der Waals surface area contributed by atoms with Crippen LogP contribution >= 0.6 is 11.3 Å². The highest BCUT2D eigenvalue weighted by atomic mass is 32.1. The first-order chi connectivity index (χ1) is 10.3. The molecule has 118 valence electrons. The second-order valence-electron chi connectivity index (χ2n) is 7.08. The zero-order chi connectivity index (χ0) is 15.9. The number of thiophene rings is 1. The summed E-state index contributed by atoms with van der Waals surface area (Å²) in [6, 6.07) is 5.89. The third-order valence-corrected chi connectivity index (χ3v) is 5.34. The highest BCUT2D eigenvalue weighted by molar-refractivity contribution is 7.10. The summed E-state index contributed by atoms with van der Waals surface area (Å²) in [6.07, 6.45) is 1.07. The summed E-state index contributed by atoms with van der Waals surface area (Å²) in [4.78, 5) is 3.81. The Balaban J connectivity index is 1.85. The molecular weight excluding hydrogens is 294 g/mol. The minimum absolute atomic E-state index is 0.0177. The van der Waals surface area contributed by atoms with Crippen molar-refractivity contribution in [3.8, 4) is 11.5 Å². The number of phenolic OH excluding ortho intramolecular Hbond substituents is 2. The van der Waals surface area contributed by atoms with E-state index in [0.29, 0.717) is 6.54 Å². The van der Waals surface area contributed by atoms with Crippen molar-refractivity contribution in [3.63, 3.8) is 0 Å². The molecule has 2 N–H and O–H groups in total. The quantitative estimate of drug-likeness (QED) is 0.822. The molecule has 0 fully saturated rings. The number of phenols is 2. The molecule has 0 bridgehead atoms. The van der Waals surface area contributed by atoms with Gasteiger partial charge in [0.05, 0.1) is 0 Å². The van der Waals surface area contributed by atoms with Crippen molar-refractivity contribution in [2.45, 2.75) is 45.7 Å². The van der Waals surface area contributed by atoms with Gasteiger partial charge in [-0.05, 0) is 40.5 Å². The van der Waals surface area contributed by atoms with Gasteiger partial charge < -0.3 is 10.2 Å². The van der Waals surface area contributed by atoms with Crippen molar-refractivity contribution < 1.29 is 10.2 Å². The van der Waals surface area contributed by atoms with Gasteiger partial charge in [-0.25, -0.2) is 0 Å². The smallest absolute Gasteiger partial charge is 0.162 e. The number of benzene rings is 1. The number of fused-ring (bicyclic) bond motifs is 1. The topological polar surface area (TPSA) is 43.7 Å². The summed E-state index contributed by atoms with van der Waals surface area (Å²) >= 11 is 1.83. The predicted molar refractivity (Wildman–Crippen MR) is 90.6 cm³/mol. The fourth-order valence-corrected chi connectivity index (χ4v) is 3.80. The molecule has 1 aromatic heterocycles. The minimum atomic E-state index is -0.0532. The summed E-state index contributed by atoms with van der Waals surface area (Å²) < 4.78 is 0. The van der Waals surface area contributed by atoms with Crippen molar-refractivity contribution in [2.75, 3.05) is 6.54 Å². The van der Waals surface area contributed by atoms with E-state index in [2.05, 4.69) is 37.1 Å². The van der Waals surface area contributed by atoms with Crippen molar-refractivity contribution in [3.05, 3.63) is 45.1 Å². The zero-order valence-corrected chi connectivity index (χ0v) is 14.2. The summed E-state index contributed by atoms with van der Waals surface area (Å²) in [5.41, 5.74) is 3.20. The Hall–Kier alpha value is -1.52. The molecule has 0 spiro atoms. The lowest BCUT2D eigenvalue weighted by atomic mass is 9.85. The van der Waals surface area contributed by atoms with Crippen LogP contribution in [0.25, 0.3) is 0 Å². The van der Waals surface area contributed by atoms with E-state index < -0.39 is 0 Å². The van der Waals surface area contributed by atoms with Crippen LogP contribution in [0.15, 0.2) is 23.6 Å². The standard InChI is InChI=1S/C18H23NO2S/c1-18(2,3)14-8-13(17(21)15(20)9-14)11-19-6-4-16-12(10-19)5-7-22-16/h5,7-9,20-21H,4,6,10-11H2,1-3H3. The van der Waals surface area contributed by atoms with Gasteiger partial charge in [-0.3, -0.25) is 4.90 Å². The fourth-order valence-electron chi connectivity index (χ4n) is 2.91. The Morgan fingerprint density at radius 1 is 1.23 bits per heavy atom. The van der Waals surface area contributed by atoms with Crippen molar-refractivity contribution >= 4 is 11.3 Å². The van der Waals surface area contributed by atoms with Crippen LogP contribution in [0.5, 0.6) is 11.5 Å². The van der Waals surface area contributed by atoms with E-state index in [4.69, 9.17) is 0 Å². The lowest BCUT2D eigenvalue weighted by Gasteiger charge is -2.28. The van der Waals surface area contributed by atoms with E-state index in [1.165, 1.54) is 10.4 Å². The molecule has 22 heavy (non-hydrogen) atoms. The van der Waals surface area contributed by atoms with Gasteiger partial charge in [0.25, 0.3) is 0 Å². The van der Waals surface area contributed by atoms with Crippen LogP contribution in [-0.2, 0) is 24.9 Å². The van der Waals surface area contributed by atoms with Gasteiger partial charge in [0, 0.05) is 30.1 Å². The molecule has 0 amide bonds. The molecule has 0 saturated heterocycles. The third-order valence-electron chi connectivity index (χ3n) is 4.32. The molecule has 2 aromatic rings. The maximum atomic E-state index is 10.2. The Kier molecular flexibility index (Phi) is 3.91. The Bertz CT molecular complexity index is 685. The van der Waals surface area contributed by atoms with Crippen LogP contribution in [0.1, 0.15) is 42.3 Å². The van der Waals surface area contributed by atoms with Crippen LogP contribution in [0.3, 0.4) is 0 Å². The van der Waals surface area contributed by atoms with Gasteiger partial charge >= 0.3 is 0 Å². The molecule has 0 atom stereocenters. The Morgan fingerprint density at radius 3 is 2.73 bits per heavy atom. The van der Waals surface area contributed by atoms with E-state index in [9.17, 15) is 10.2 Å². The van der Waals surface area contributed by atoms with Crippen molar-refractivity contribution in [1.82, 2.24) is 4.90 Å². The summed E-state index contributed by atoms with van der Waals surface area (Å²) in [5, 5.41) is 22.4. The molecule has 1 aromatic carbocycles. The van der Waals surface area contributed by atoms with Gasteiger partial charge in [-0.1, -0.05) is 26.8 Å². The monoisotopic (exact) mass is 317 g/mol. The van der Waals surface area contributed by atoms with E-state index in [1.807, 2.05) is 17.4 Å². The SMILES string of the molecule is CC(C)(C)c1cc(O)c(O)c(CN2CCc3sccc3C2)c1. The number of rotatable bonds is 2. The highest BCUT2D eigenvalue weighted by Crippen LogP contribution is 2.36. The van der Waals surface area contributed by atoms with Gasteiger partial charge in [0.1, 0.15) is 0 Å². The molecule has 3 rings (SSSR count). The van der Waals surface area contributed by atoms with Gasteiger partial charge in [0.2, 0.25) is 0 Å². The molecular formula is C18H23NO2S. The van der Waals surface area contributed by atoms with E-state index in [-0.39, 0.29) is 16.9 Å². The first-order valence-electron chi connectivity index (χ1n) is 7.67. The highest BCUT2D eigenvalue weighted by Gasteiger charge is 2.22. The number of hydrogen-bond donors (Lipinski definition) is 2. The van der Waals surface area contributed by atoms with E-state index in [0.717, 1.165) is 30.6 Å². The van der Waals surface area contributed by atoms with Crippen LogP contribution in [0.2, 0.25) is 0 Å². The summed E-state index contributed by atoms with van der Waals surface area (Å²) in [6.45, 7) is 8.91. The average molecular weight is 317 g/mol. The molecule has 1 aliphatic rings. The molecule has 0 radical (unpaired) electrons. The van der Waals surface area contributed by atoms with Gasteiger partial charge in [0.15, 0.2) is 11.5 Å². The number of hydrogen-bond acceptors (Lipinski definition) is 4. The van der Waals surface area contributed by atoms with Gasteiger partial charge in [-0.15, -0.1) is 11.3 Å². The van der Waals surface area contributed by atoms with Crippen molar-refractivity contribution in [2.24, 2.45) is 0 Å². The van der Waals surface area contributed by atoms with E-state index >= 15 is 0 Å². The normalized spacial score (nSPS) is 15.8. The van der Waals surface area contributed by atoms with Crippen LogP contribution in [-0.4, -0.2) is 21.7 Å². The summed E-state index contributed by atoms with van der Waals surface area (Å²) in [5.74, 6) is -0.000211. The first kappa shape index (κ1) is 15.4. The second kappa shape index (κ2) is 5.60. The number of aromatic hydroxyl groups is 2. The molecule has 1 aliphatic heterocycles.